The predicted molar refractivity (Wildman–Crippen MR) is 74.8 cm³/mol. The van der Waals surface area contributed by atoms with Crippen molar-refractivity contribution < 1.29 is 9.53 Å². The SMILES string of the molecule is CCN(CC(=O)N1CCOCC1)Cc1ccccc1. The van der Waals surface area contributed by atoms with Gasteiger partial charge in [0.2, 0.25) is 5.91 Å². The molecule has 2 rings (SSSR count). The van der Waals surface area contributed by atoms with Crippen LogP contribution in [0.2, 0.25) is 0 Å². The first-order valence-corrected chi connectivity index (χ1v) is 6.91. The van der Waals surface area contributed by atoms with E-state index >= 15 is 0 Å². The standard InChI is InChI=1S/C15H22N2O2/c1-2-16(12-14-6-4-3-5-7-14)13-15(18)17-8-10-19-11-9-17/h3-7H,2,8-13H2,1H3. The lowest BCUT2D eigenvalue weighted by molar-refractivity contribution is -0.136. The van der Waals surface area contributed by atoms with Crippen LogP contribution in [0.3, 0.4) is 0 Å². The molecule has 1 amide bonds. The van der Waals surface area contributed by atoms with E-state index in [0.29, 0.717) is 19.8 Å². The van der Waals surface area contributed by atoms with Crippen LogP contribution in [-0.2, 0) is 16.1 Å². The Morgan fingerprint density at radius 3 is 2.58 bits per heavy atom. The van der Waals surface area contributed by atoms with Gasteiger partial charge in [-0.3, -0.25) is 9.69 Å². The molecule has 1 aliphatic heterocycles. The lowest BCUT2D eigenvalue weighted by Gasteiger charge is -2.29. The van der Waals surface area contributed by atoms with E-state index in [0.717, 1.165) is 26.2 Å². The van der Waals surface area contributed by atoms with Gasteiger partial charge in [0.15, 0.2) is 0 Å². The molecule has 104 valence electrons. The van der Waals surface area contributed by atoms with E-state index in [1.165, 1.54) is 5.56 Å². The maximum atomic E-state index is 12.2. The molecule has 0 aromatic heterocycles. The number of nitrogens with zero attached hydrogens (tertiary/aromatic N) is 2. The molecule has 19 heavy (non-hydrogen) atoms. The highest BCUT2D eigenvalue weighted by atomic mass is 16.5. The van der Waals surface area contributed by atoms with E-state index < -0.39 is 0 Å². The molecule has 0 radical (unpaired) electrons. The molecule has 0 N–H and O–H groups in total. The largest absolute Gasteiger partial charge is 0.378 e. The van der Waals surface area contributed by atoms with E-state index in [2.05, 4.69) is 24.0 Å². The molecular weight excluding hydrogens is 240 g/mol. The van der Waals surface area contributed by atoms with Gasteiger partial charge in [-0.1, -0.05) is 37.3 Å². The topological polar surface area (TPSA) is 32.8 Å². The predicted octanol–water partition coefficient (Wildman–Crippen LogP) is 1.37. The lowest BCUT2D eigenvalue weighted by Crippen LogP contribution is -2.45. The van der Waals surface area contributed by atoms with Crippen molar-refractivity contribution in [1.82, 2.24) is 9.80 Å². The van der Waals surface area contributed by atoms with Gasteiger partial charge in [-0.2, -0.15) is 0 Å². The molecule has 0 aliphatic carbocycles. The van der Waals surface area contributed by atoms with Crippen LogP contribution in [0.4, 0.5) is 0 Å². The number of benzene rings is 1. The van der Waals surface area contributed by atoms with E-state index in [9.17, 15) is 4.79 Å². The molecule has 1 fully saturated rings. The highest BCUT2D eigenvalue weighted by Gasteiger charge is 2.18. The zero-order chi connectivity index (χ0) is 13.5. The van der Waals surface area contributed by atoms with E-state index in [-0.39, 0.29) is 5.91 Å². The number of carbonyl (C=O) groups is 1. The Hall–Kier alpha value is -1.39. The normalized spacial score (nSPS) is 15.8. The van der Waals surface area contributed by atoms with Gasteiger partial charge in [0.05, 0.1) is 19.8 Å². The second kappa shape index (κ2) is 7.26. The fourth-order valence-corrected chi connectivity index (χ4v) is 2.23. The molecule has 0 atom stereocenters. The van der Waals surface area contributed by atoms with Crippen molar-refractivity contribution in [2.75, 3.05) is 39.4 Å². The van der Waals surface area contributed by atoms with Gasteiger partial charge in [0, 0.05) is 19.6 Å². The first-order chi connectivity index (χ1) is 9.29. The summed E-state index contributed by atoms with van der Waals surface area (Å²) in [5.41, 5.74) is 1.25. The molecule has 0 spiro atoms. The number of morpholine rings is 1. The summed E-state index contributed by atoms with van der Waals surface area (Å²) in [7, 11) is 0. The Kier molecular flexibility index (Phi) is 5.36. The Bertz CT molecular complexity index is 388. The number of hydrogen-bond acceptors (Lipinski definition) is 3. The van der Waals surface area contributed by atoms with Crippen molar-refractivity contribution >= 4 is 5.91 Å². The zero-order valence-corrected chi connectivity index (χ0v) is 11.5. The van der Waals surface area contributed by atoms with Gasteiger partial charge in [0.25, 0.3) is 0 Å². The van der Waals surface area contributed by atoms with Crippen LogP contribution in [0.5, 0.6) is 0 Å². The average molecular weight is 262 g/mol. The fraction of sp³-hybridized carbons (Fsp3) is 0.533. The Labute approximate surface area is 115 Å². The van der Waals surface area contributed by atoms with Crippen LogP contribution in [0.25, 0.3) is 0 Å². The van der Waals surface area contributed by atoms with Gasteiger partial charge in [-0.15, -0.1) is 0 Å². The molecule has 0 saturated carbocycles. The monoisotopic (exact) mass is 262 g/mol. The molecule has 0 bridgehead atoms. The summed E-state index contributed by atoms with van der Waals surface area (Å²) in [6, 6.07) is 10.3. The van der Waals surface area contributed by atoms with E-state index in [4.69, 9.17) is 4.74 Å². The summed E-state index contributed by atoms with van der Waals surface area (Å²) in [5.74, 6) is 0.209. The van der Waals surface area contributed by atoms with Gasteiger partial charge in [-0.25, -0.2) is 0 Å². The van der Waals surface area contributed by atoms with Crippen molar-refractivity contribution in [2.24, 2.45) is 0 Å². The second-order valence-electron chi connectivity index (χ2n) is 4.78. The second-order valence-corrected chi connectivity index (χ2v) is 4.78. The van der Waals surface area contributed by atoms with Crippen LogP contribution < -0.4 is 0 Å². The highest BCUT2D eigenvalue weighted by Crippen LogP contribution is 2.05. The number of hydrogen-bond donors (Lipinski definition) is 0. The third-order valence-corrected chi connectivity index (χ3v) is 3.42. The lowest BCUT2D eigenvalue weighted by atomic mass is 10.2. The summed E-state index contributed by atoms with van der Waals surface area (Å²) >= 11 is 0. The first kappa shape index (κ1) is 14.0. The van der Waals surface area contributed by atoms with Crippen molar-refractivity contribution in [3.8, 4) is 0 Å². The highest BCUT2D eigenvalue weighted by molar-refractivity contribution is 5.78. The number of amides is 1. The Morgan fingerprint density at radius 1 is 1.26 bits per heavy atom. The quantitative estimate of drug-likeness (QED) is 0.803. The van der Waals surface area contributed by atoms with E-state index in [1.807, 2.05) is 23.1 Å². The van der Waals surface area contributed by atoms with Crippen LogP contribution in [0, 0.1) is 0 Å². The molecule has 1 heterocycles. The third-order valence-electron chi connectivity index (χ3n) is 3.42. The Morgan fingerprint density at radius 2 is 1.95 bits per heavy atom. The smallest absolute Gasteiger partial charge is 0.236 e. The first-order valence-electron chi connectivity index (χ1n) is 6.91. The van der Waals surface area contributed by atoms with Crippen LogP contribution in [0.1, 0.15) is 12.5 Å². The van der Waals surface area contributed by atoms with E-state index in [1.54, 1.807) is 0 Å². The number of rotatable bonds is 5. The van der Waals surface area contributed by atoms with Gasteiger partial charge >= 0.3 is 0 Å². The van der Waals surface area contributed by atoms with Crippen molar-refractivity contribution in [3.05, 3.63) is 35.9 Å². The van der Waals surface area contributed by atoms with Gasteiger partial charge < -0.3 is 9.64 Å². The average Bonchev–Trinajstić information content (AvgIpc) is 2.48. The minimum atomic E-state index is 0.209. The summed E-state index contributed by atoms with van der Waals surface area (Å²) in [6.07, 6.45) is 0. The number of likely N-dealkylation sites (N-methyl/N-ethyl adjacent to an activating group) is 1. The summed E-state index contributed by atoms with van der Waals surface area (Å²) < 4.78 is 5.27. The fourth-order valence-electron chi connectivity index (χ4n) is 2.23. The summed E-state index contributed by atoms with van der Waals surface area (Å²) in [4.78, 5) is 16.3. The van der Waals surface area contributed by atoms with Crippen LogP contribution in [-0.4, -0.2) is 55.1 Å². The van der Waals surface area contributed by atoms with Crippen molar-refractivity contribution in [1.29, 1.82) is 0 Å². The van der Waals surface area contributed by atoms with Gasteiger partial charge in [-0.05, 0) is 12.1 Å². The van der Waals surface area contributed by atoms with Crippen LogP contribution in [0.15, 0.2) is 30.3 Å². The van der Waals surface area contributed by atoms with Crippen molar-refractivity contribution in [3.63, 3.8) is 0 Å². The van der Waals surface area contributed by atoms with Crippen molar-refractivity contribution in [2.45, 2.75) is 13.5 Å². The maximum absolute atomic E-state index is 12.2. The summed E-state index contributed by atoms with van der Waals surface area (Å²) in [5, 5.41) is 0. The third kappa shape index (κ3) is 4.33. The molecule has 1 saturated heterocycles. The molecule has 0 unspecified atom stereocenters. The molecule has 1 aliphatic rings. The van der Waals surface area contributed by atoms with Crippen LogP contribution >= 0.6 is 0 Å². The number of ether oxygens (including phenoxy) is 1. The minimum absolute atomic E-state index is 0.209. The summed E-state index contributed by atoms with van der Waals surface area (Å²) in [6.45, 7) is 7.07. The number of carbonyl (C=O) groups excluding carboxylic acids is 1. The molecule has 4 heteroatoms. The molecule has 1 aromatic rings. The molecular formula is C15H22N2O2. The zero-order valence-electron chi connectivity index (χ0n) is 11.5. The minimum Gasteiger partial charge on any atom is -0.378 e. The molecule has 4 nitrogen and oxygen atoms in total. The molecule has 1 aromatic carbocycles. The Balaban J connectivity index is 1.86. The maximum Gasteiger partial charge on any atom is 0.236 e. The van der Waals surface area contributed by atoms with Gasteiger partial charge in [0.1, 0.15) is 0 Å².